The number of hydrogen-bond acceptors (Lipinski definition) is 7. The number of para-hydroxylation sites is 1. The molecule has 1 amide bonds. The Morgan fingerprint density at radius 2 is 2.25 bits per heavy atom. The Bertz CT molecular complexity index is 733. The van der Waals surface area contributed by atoms with Crippen LogP contribution in [0.1, 0.15) is 0 Å². The Hall–Kier alpha value is -2.21. The van der Waals surface area contributed by atoms with E-state index >= 15 is 0 Å². The lowest BCUT2D eigenvalue weighted by molar-refractivity contribution is -0.384. The zero-order valence-corrected chi connectivity index (χ0v) is 14.8. The highest BCUT2D eigenvalue weighted by atomic mass is 127. The summed E-state index contributed by atoms with van der Waals surface area (Å²) in [6.07, 6.45) is 0. The van der Waals surface area contributed by atoms with Crippen molar-refractivity contribution in [1.82, 2.24) is 4.90 Å². The van der Waals surface area contributed by atoms with Crippen LogP contribution in [0.25, 0.3) is 0 Å². The molecule has 0 radical (unpaired) electrons. The predicted octanol–water partition coefficient (Wildman–Crippen LogP) is 0.873. The topological polar surface area (TPSA) is 122 Å². The van der Waals surface area contributed by atoms with Crippen LogP contribution in [0.15, 0.2) is 29.5 Å². The van der Waals surface area contributed by atoms with E-state index in [0.717, 1.165) is 0 Å². The third kappa shape index (κ3) is 3.48. The first-order valence-corrected chi connectivity index (χ1v) is 7.90. The van der Waals surface area contributed by atoms with E-state index in [2.05, 4.69) is 10.1 Å². The number of rotatable bonds is 6. The van der Waals surface area contributed by atoms with Crippen molar-refractivity contribution in [3.8, 4) is 0 Å². The smallest absolute Gasteiger partial charge is 0.337 e. The highest BCUT2D eigenvalue weighted by Gasteiger charge is 2.35. The fraction of sp³-hybridized carbons (Fsp3) is 0.286. The standard InChI is InChI=1S/C14H14IN3O6/c1-24-14(21)8-7-17(5-6-19)13(20)11(8)16-12-9(15)3-2-4-10(12)18(22)23/h2-4,16,19H,5-7H2,1H3. The van der Waals surface area contributed by atoms with Crippen molar-refractivity contribution in [1.29, 1.82) is 0 Å². The molecule has 9 nitrogen and oxygen atoms in total. The van der Waals surface area contributed by atoms with Crippen LogP contribution in [0.2, 0.25) is 0 Å². The summed E-state index contributed by atoms with van der Waals surface area (Å²) in [5, 5.41) is 22.9. The van der Waals surface area contributed by atoms with E-state index in [0.29, 0.717) is 3.57 Å². The number of methoxy groups -OCH3 is 1. The number of carbonyl (C=O) groups excluding carboxylic acids is 2. The minimum absolute atomic E-state index is 0.0361. The van der Waals surface area contributed by atoms with Gasteiger partial charge >= 0.3 is 5.97 Å². The number of halogens is 1. The molecule has 24 heavy (non-hydrogen) atoms. The van der Waals surface area contributed by atoms with Crippen LogP contribution in [0, 0.1) is 13.7 Å². The van der Waals surface area contributed by atoms with Gasteiger partial charge in [-0.2, -0.15) is 0 Å². The average molecular weight is 447 g/mol. The number of β-amino-alcohol motifs (C(OH)–C–C–N with tert-alkyl or cyclic N) is 1. The predicted molar refractivity (Wildman–Crippen MR) is 92.1 cm³/mol. The van der Waals surface area contributed by atoms with E-state index in [4.69, 9.17) is 5.11 Å². The van der Waals surface area contributed by atoms with Gasteiger partial charge in [0.15, 0.2) is 0 Å². The number of ether oxygens (including phenoxy) is 1. The van der Waals surface area contributed by atoms with Crippen molar-refractivity contribution in [2.45, 2.75) is 0 Å². The molecule has 2 N–H and O–H groups in total. The number of esters is 1. The number of nitrogens with one attached hydrogen (secondary N) is 1. The molecule has 0 aliphatic carbocycles. The first-order chi connectivity index (χ1) is 11.4. The van der Waals surface area contributed by atoms with E-state index < -0.39 is 16.8 Å². The third-order valence-corrected chi connectivity index (χ3v) is 4.29. The molecule has 0 atom stereocenters. The lowest BCUT2D eigenvalue weighted by Gasteiger charge is -2.15. The van der Waals surface area contributed by atoms with Gasteiger partial charge in [-0.15, -0.1) is 0 Å². The average Bonchev–Trinajstić information content (AvgIpc) is 2.85. The van der Waals surface area contributed by atoms with Gasteiger partial charge in [-0.05, 0) is 28.7 Å². The number of aliphatic hydroxyl groups excluding tert-OH is 1. The van der Waals surface area contributed by atoms with Gasteiger partial charge in [-0.25, -0.2) is 4.79 Å². The summed E-state index contributed by atoms with van der Waals surface area (Å²) in [4.78, 5) is 36.2. The molecule has 0 aromatic heterocycles. The van der Waals surface area contributed by atoms with Crippen molar-refractivity contribution < 1.29 is 24.4 Å². The highest BCUT2D eigenvalue weighted by Crippen LogP contribution is 2.32. The largest absolute Gasteiger partial charge is 0.466 e. The number of amides is 1. The van der Waals surface area contributed by atoms with Crippen molar-refractivity contribution in [2.75, 3.05) is 32.1 Å². The monoisotopic (exact) mass is 447 g/mol. The Kier molecular flexibility index (Phi) is 5.72. The molecule has 1 aromatic carbocycles. The summed E-state index contributed by atoms with van der Waals surface area (Å²) >= 11 is 1.90. The van der Waals surface area contributed by atoms with Gasteiger partial charge in [0.25, 0.3) is 11.6 Å². The van der Waals surface area contributed by atoms with Crippen molar-refractivity contribution in [2.24, 2.45) is 0 Å². The molecule has 128 valence electrons. The van der Waals surface area contributed by atoms with E-state index in [1.165, 1.54) is 24.1 Å². The number of benzene rings is 1. The first-order valence-electron chi connectivity index (χ1n) is 6.82. The molecule has 0 saturated heterocycles. The summed E-state index contributed by atoms with van der Waals surface area (Å²) in [5.41, 5.74) is -0.113. The van der Waals surface area contributed by atoms with Crippen molar-refractivity contribution >= 4 is 45.8 Å². The molecule has 1 aliphatic rings. The van der Waals surface area contributed by atoms with E-state index in [-0.39, 0.29) is 42.3 Å². The van der Waals surface area contributed by atoms with Gasteiger partial charge in [-0.1, -0.05) is 6.07 Å². The number of nitrogens with zero attached hydrogens (tertiary/aromatic N) is 2. The number of nitro benzene ring substituents is 1. The quantitative estimate of drug-likeness (QED) is 0.287. The van der Waals surface area contributed by atoms with E-state index in [1.54, 1.807) is 6.07 Å². The maximum absolute atomic E-state index is 12.4. The summed E-state index contributed by atoms with van der Waals surface area (Å²) in [6.45, 7) is -0.263. The van der Waals surface area contributed by atoms with Crippen LogP contribution >= 0.6 is 22.6 Å². The van der Waals surface area contributed by atoms with Crippen LogP contribution in [0.4, 0.5) is 11.4 Å². The maximum Gasteiger partial charge on any atom is 0.337 e. The fourth-order valence-electron chi connectivity index (χ4n) is 2.26. The normalized spacial score (nSPS) is 14.1. The second-order valence-corrected chi connectivity index (χ2v) is 5.97. The molecule has 0 unspecified atom stereocenters. The lowest BCUT2D eigenvalue weighted by Crippen LogP contribution is -2.31. The number of nitro groups is 1. The molecule has 0 saturated carbocycles. The molecule has 1 aromatic rings. The molecule has 1 heterocycles. The Morgan fingerprint density at radius 1 is 1.54 bits per heavy atom. The SMILES string of the molecule is COC(=O)C1=C(Nc2c(I)cccc2[N+](=O)[O-])C(=O)N(CCO)C1. The van der Waals surface area contributed by atoms with Crippen LogP contribution in [0.5, 0.6) is 0 Å². The van der Waals surface area contributed by atoms with Crippen LogP contribution in [-0.2, 0) is 14.3 Å². The van der Waals surface area contributed by atoms with Gasteiger partial charge in [0.1, 0.15) is 11.4 Å². The summed E-state index contributed by atoms with van der Waals surface area (Å²) < 4.78 is 5.19. The molecule has 1 aliphatic heterocycles. The van der Waals surface area contributed by atoms with Crippen molar-refractivity contribution in [3.63, 3.8) is 0 Å². The highest BCUT2D eigenvalue weighted by molar-refractivity contribution is 14.1. The number of aliphatic hydroxyl groups is 1. The number of anilines is 1. The van der Waals surface area contributed by atoms with Gasteiger partial charge in [0.2, 0.25) is 0 Å². The van der Waals surface area contributed by atoms with E-state index in [9.17, 15) is 19.7 Å². The zero-order chi connectivity index (χ0) is 17.9. The Morgan fingerprint density at radius 3 is 2.83 bits per heavy atom. The summed E-state index contributed by atoms with van der Waals surface area (Å²) in [5.74, 6) is -1.24. The minimum atomic E-state index is -0.708. The third-order valence-electron chi connectivity index (χ3n) is 3.39. The molecule has 10 heteroatoms. The molecular weight excluding hydrogens is 433 g/mol. The molecule has 2 rings (SSSR count). The molecular formula is C14H14IN3O6. The lowest BCUT2D eigenvalue weighted by atomic mass is 10.2. The Balaban J connectivity index is 2.47. The van der Waals surface area contributed by atoms with Gasteiger partial charge in [0.05, 0.1) is 30.8 Å². The molecule has 0 spiro atoms. The fourth-order valence-corrected chi connectivity index (χ4v) is 2.88. The molecule has 0 bridgehead atoms. The summed E-state index contributed by atoms with van der Waals surface area (Å²) in [6, 6.07) is 4.46. The maximum atomic E-state index is 12.4. The summed E-state index contributed by atoms with van der Waals surface area (Å²) in [7, 11) is 1.18. The van der Waals surface area contributed by atoms with Gasteiger partial charge in [0, 0.05) is 16.2 Å². The minimum Gasteiger partial charge on any atom is -0.466 e. The Labute approximate surface area is 150 Å². The number of hydrogen-bond donors (Lipinski definition) is 2. The van der Waals surface area contributed by atoms with Gasteiger partial charge < -0.3 is 20.1 Å². The molecule has 0 fully saturated rings. The number of carbonyl (C=O) groups is 2. The van der Waals surface area contributed by atoms with Crippen LogP contribution in [-0.4, -0.2) is 53.6 Å². The van der Waals surface area contributed by atoms with E-state index in [1.807, 2.05) is 22.6 Å². The zero-order valence-electron chi connectivity index (χ0n) is 12.6. The second kappa shape index (κ2) is 7.57. The second-order valence-electron chi connectivity index (χ2n) is 4.81. The van der Waals surface area contributed by atoms with Crippen LogP contribution < -0.4 is 5.32 Å². The van der Waals surface area contributed by atoms with Crippen molar-refractivity contribution in [3.05, 3.63) is 43.2 Å². The first kappa shape index (κ1) is 18.1. The van der Waals surface area contributed by atoms with Gasteiger partial charge in [-0.3, -0.25) is 14.9 Å². The van der Waals surface area contributed by atoms with Crippen LogP contribution in [0.3, 0.4) is 0 Å².